The Morgan fingerprint density at radius 3 is 2.67 bits per heavy atom. The summed E-state index contributed by atoms with van der Waals surface area (Å²) in [5.41, 5.74) is 0. The summed E-state index contributed by atoms with van der Waals surface area (Å²) in [6, 6.07) is 12.5. The molecule has 0 fully saturated rings. The predicted octanol–water partition coefficient (Wildman–Crippen LogP) is 1.91. The average Bonchev–Trinajstić information content (AvgIpc) is 3.18. The summed E-state index contributed by atoms with van der Waals surface area (Å²) in [6.07, 6.45) is 6.18. The van der Waals surface area contributed by atoms with E-state index in [4.69, 9.17) is 0 Å². The Morgan fingerprint density at radius 1 is 1.07 bits per heavy atom. The summed E-state index contributed by atoms with van der Waals surface area (Å²) in [4.78, 5) is 16.0. The third-order valence-electron chi connectivity index (χ3n) is 4.15. The molecular weight excluding hydrogens is 364 g/mol. The number of hydrogen-bond acceptors (Lipinski definition) is 4. The molecule has 0 bridgehead atoms. The fourth-order valence-corrected chi connectivity index (χ4v) is 3.78. The molecule has 1 amide bonds. The van der Waals surface area contributed by atoms with Crippen molar-refractivity contribution < 1.29 is 13.2 Å². The number of sulfonamides is 1. The van der Waals surface area contributed by atoms with Gasteiger partial charge in [0, 0.05) is 38.4 Å². The second-order valence-corrected chi connectivity index (χ2v) is 7.93. The lowest BCUT2D eigenvalue weighted by Crippen LogP contribution is -2.31. The lowest BCUT2D eigenvalue weighted by molar-refractivity contribution is -0.120. The standard InChI is InChI=1S/C19H22N4O3S/c24-19(21-9-3-12-23-13-11-20-15-23)8-10-22-27(25,26)18-7-6-16-4-1-2-5-17(16)14-18/h1-2,4-7,11,13-15,22H,3,8-10,12H2,(H,21,24). The maximum Gasteiger partial charge on any atom is 0.240 e. The molecular formula is C19H22N4O3S. The second kappa shape index (κ2) is 8.79. The summed E-state index contributed by atoms with van der Waals surface area (Å²) in [7, 11) is -3.64. The third-order valence-corrected chi connectivity index (χ3v) is 5.61. The molecule has 7 nitrogen and oxygen atoms in total. The monoisotopic (exact) mass is 386 g/mol. The maximum absolute atomic E-state index is 12.4. The van der Waals surface area contributed by atoms with Crippen molar-refractivity contribution in [2.24, 2.45) is 0 Å². The Kier molecular flexibility index (Phi) is 6.20. The van der Waals surface area contributed by atoms with Gasteiger partial charge in [-0.1, -0.05) is 30.3 Å². The Labute approximate surface area is 158 Å². The van der Waals surface area contributed by atoms with Crippen LogP contribution in [0, 0.1) is 0 Å². The van der Waals surface area contributed by atoms with E-state index >= 15 is 0 Å². The average molecular weight is 386 g/mol. The van der Waals surface area contributed by atoms with Crippen LogP contribution in [0.1, 0.15) is 12.8 Å². The summed E-state index contributed by atoms with van der Waals surface area (Å²) < 4.78 is 29.2. The maximum atomic E-state index is 12.4. The lowest BCUT2D eigenvalue weighted by Gasteiger charge is -2.09. The molecule has 1 heterocycles. The van der Waals surface area contributed by atoms with Crippen LogP contribution in [-0.4, -0.2) is 37.0 Å². The minimum absolute atomic E-state index is 0.0580. The van der Waals surface area contributed by atoms with Crippen molar-refractivity contribution >= 4 is 26.7 Å². The van der Waals surface area contributed by atoms with Gasteiger partial charge in [-0.25, -0.2) is 18.1 Å². The number of nitrogens with zero attached hydrogens (tertiary/aromatic N) is 2. The molecule has 27 heavy (non-hydrogen) atoms. The molecule has 0 aliphatic heterocycles. The minimum Gasteiger partial charge on any atom is -0.356 e. The van der Waals surface area contributed by atoms with E-state index in [2.05, 4.69) is 15.0 Å². The van der Waals surface area contributed by atoms with E-state index in [-0.39, 0.29) is 23.8 Å². The van der Waals surface area contributed by atoms with E-state index in [0.717, 1.165) is 23.7 Å². The molecule has 0 radical (unpaired) electrons. The zero-order valence-electron chi connectivity index (χ0n) is 14.8. The smallest absolute Gasteiger partial charge is 0.240 e. The van der Waals surface area contributed by atoms with Gasteiger partial charge >= 0.3 is 0 Å². The zero-order valence-corrected chi connectivity index (χ0v) is 15.7. The highest BCUT2D eigenvalue weighted by Gasteiger charge is 2.14. The van der Waals surface area contributed by atoms with E-state index in [1.165, 1.54) is 0 Å². The van der Waals surface area contributed by atoms with Crippen LogP contribution in [0.3, 0.4) is 0 Å². The molecule has 8 heteroatoms. The quantitative estimate of drug-likeness (QED) is 0.550. The molecule has 0 aliphatic carbocycles. The normalized spacial score (nSPS) is 11.6. The van der Waals surface area contributed by atoms with E-state index in [1.54, 1.807) is 30.7 Å². The number of carbonyl (C=O) groups excluding carboxylic acids is 1. The van der Waals surface area contributed by atoms with E-state index < -0.39 is 10.0 Å². The topological polar surface area (TPSA) is 93.1 Å². The number of aryl methyl sites for hydroxylation is 1. The number of fused-ring (bicyclic) bond motifs is 1. The molecule has 142 valence electrons. The molecule has 0 aliphatic rings. The van der Waals surface area contributed by atoms with Crippen LogP contribution in [0.15, 0.2) is 66.1 Å². The fraction of sp³-hybridized carbons (Fsp3) is 0.263. The summed E-state index contributed by atoms with van der Waals surface area (Å²) in [6.45, 7) is 1.37. The molecule has 3 aromatic rings. The fourth-order valence-electron chi connectivity index (χ4n) is 2.71. The number of amides is 1. The first-order valence-corrected chi connectivity index (χ1v) is 10.2. The van der Waals surface area contributed by atoms with Gasteiger partial charge in [0.15, 0.2) is 0 Å². The van der Waals surface area contributed by atoms with Crippen LogP contribution < -0.4 is 10.0 Å². The van der Waals surface area contributed by atoms with Crippen molar-refractivity contribution in [1.82, 2.24) is 19.6 Å². The second-order valence-electron chi connectivity index (χ2n) is 6.16. The van der Waals surface area contributed by atoms with Crippen LogP contribution in [0.2, 0.25) is 0 Å². The number of imidazole rings is 1. The van der Waals surface area contributed by atoms with Gasteiger partial charge in [-0.05, 0) is 29.3 Å². The number of carbonyl (C=O) groups is 1. The first-order chi connectivity index (χ1) is 13.0. The van der Waals surface area contributed by atoms with Crippen LogP contribution in [0.5, 0.6) is 0 Å². The van der Waals surface area contributed by atoms with Crippen molar-refractivity contribution in [3.8, 4) is 0 Å². The summed E-state index contributed by atoms with van der Waals surface area (Å²) in [5.74, 6) is -0.179. The Bertz CT molecular complexity index is 1000. The third kappa shape index (κ3) is 5.38. The van der Waals surface area contributed by atoms with Gasteiger partial charge in [-0.15, -0.1) is 0 Å². The van der Waals surface area contributed by atoms with Gasteiger partial charge in [-0.3, -0.25) is 4.79 Å². The van der Waals surface area contributed by atoms with Crippen molar-refractivity contribution in [2.75, 3.05) is 13.1 Å². The minimum atomic E-state index is -3.64. The van der Waals surface area contributed by atoms with Gasteiger partial charge < -0.3 is 9.88 Å². The van der Waals surface area contributed by atoms with E-state index in [1.807, 2.05) is 35.0 Å². The SMILES string of the molecule is O=C(CCNS(=O)(=O)c1ccc2ccccc2c1)NCCCn1ccnc1. The molecule has 0 atom stereocenters. The molecule has 2 aromatic carbocycles. The number of hydrogen-bond donors (Lipinski definition) is 2. The van der Waals surface area contributed by atoms with Crippen LogP contribution in [0.25, 0.3) is 10.8 Å². The number of benzene rings is 2. The summed E-state index contributed by atoms with van der Waals surface area (Å²) in [5, 5.41) is 4.62. The lowest BCUT2D eigenvalue weighted by atomic mass is 10.1. The molecule has 2 N–H and O–H groups in total. The number of aromatic nitrogens is 2. The zero-order chi connectivity index (χ0) is 19.1. The van der Waals surface area contributed by atoms with Gasteiger partial charge in [0.2, 0.25) is 15.9 Å². The first kappa shape index (κ1) is 19.1. The first-order valence-electron chi connectivity index (χ1n) is 8.75. The van der Waals surface area contributed by atoms with Crippen LogP contribution >= 0.6 is 0 Å². The predicted molar refractivity (Wildman–Crippen MR) is 104 cm³/mol. The molecule has 1 aromatic heterocycles. The van der Waals surface area contributed by atoms with Gasteiger partial charge in [0.1, 0.15) is 0 Å². The Morgan fingerprint density at radius 2 is 1.89 bits per heavy atom. The molecule has 3 rings (SSSR count). The van der Waals surface area contributed by atoms with Crippen LogP contribution in [-0.2, 0) is 21.4 Å². The largest absolute Gasteiger partial charge is 0.356 e. The molecule has 0 saturated heterocycles. The van der Waals surface area contributed by atoms with Crippen LogP contribution in [0.4, 0.5) is 0 Å². The van der Waals surface area contributed by atoms with Gasteiger partial charge in [0.25, 0.3) is 0 Å². The molecule has 0 unspecified atom stereocenters. The van der Waals surface area contributed by atoms with Crippen molar-refractivity contribution in [2.45, 2.75) is 24.3 Å². The Hall–Kier alpha value is -2.71. The number of nitrogens with one attached hydrogen (secondary N) is 2. The van der Waals surface area contributed by atoms with Crippen molar-refractivity contribution in [1.29, 1.82) is 0 Å². The molecule has 0 saturated carbocycles. The molecule has 0 spiro atoms. The van der Waals surface area contributed by atoms with Gasteiger partial charge in [-0.2, -0.15) is 0 Å². The highest BCUT2D eigenvalue weighted by Crippen LogP contribution is 2.18. The Balaban J connectivity index is 1.43. The highest BCUT2D eigenvalue weighted by atomic mass is 32.2. The van der Waals surface area contributed by atoms with E-state index in [0.29, 0.717) is 6.54 Å². The van der Waals surface area contributed by atoms with Gasteiger partial charge in [0.05, 0.1) is 11.2 Å². The highest BCUT2D eigenvalue weighted by molar-refractivity contribution is 7.89. The summed E-state index contributed by atoms with van der Waals surface area (Å²) >= 11 is 0. The van der Waals surface area contributed by atoms with Crippen molar-refractivity contribution in [3.05, 3.63) is 61.2 Å². The van der Waals surface area contributed by atoms with Crippen molar-refractivity contribution in [3.63, 3.8) is 0 Å². The number of rotatable bonds is 9. The van der Waals surface area contributed by atoms with E-state index in [9.17, 15) is 13.2 Å².